The molecular weight excluding hydrogens is 174 g/mol. The zero-order valence-electron chi connectivity index (χ0n) is 8.45. The molecule has 0 aliphatic carbocycles. The standard InChI is InChI=1S/C11H17N3/c12-9-10-11(5-4-6-13-10)14-7-2-1-3-8-14/h4-6H,1-3,7-9,12H2. The van der Waals surface area contributed by atoms with Gasteiger partial charge in [0, 0.05) is 25.8 Å². The number of pyridine rings is 1. The molecule has 1 saturated heterocycles. The van der Waals surface area contributed by atoms with Gasteiger partial charge in [-0.25, -0.2) is 0 Å². The van der Waals surface area contributed by atoms with E-state index in [9.17, 15) is 0 Å². The molecule has 1 aliphatic rings. The second-order valence-corrected chi connectivity index (χ2v) is 3.72. The van der Waals surface area contributed by atoms with E-state index in [4.69, 9.17) is 5.73 Å². The number of nitrogens with zero attached hydrogens (tertiary/aromatic N) is 2. The van der Waals surface area contributed by atoms with Crippen molar-refractivity contribution >= 4 is 5.69 Å². The monoisotopic (exact) mass is 191 g/mol. The molecule has 0 radical (unpaired) electrons. The minimum atomic E-state index is 0.534. The maximum Gasteiger partial charge on any atom is 0.0772 e. The Labute approximate surface area is 84.9 Å². The van der Waals surface area contributed by atoms with Crippen LogP contribution in [0.1, 0.15) is 25.0 Å². The van der Waals surface area contributed by atoms with E-state index in [0.29, 0.717) is 6.54 Å². The number of rotatable bonds is 2. The molecule has 2 rings (SSSR count). The second-order valence-electron chi connectivity index (χ2n) is 3.72. The lowest BCUT2D eigenvalue weighted by molar-refractivity contribution is 0.575. The summed E-state index contributed by atoms with van der Waals surface area (Å²) in [5.74, 6) is 0. The van der Waals surface area contributed by atoms with Crippen LogP contribution in [0.3, 0.4) is 0 Å². The van der Waals surface area contributed by atoms with Gasteiger partial charge in [-0.1, -0.05) is 0 Å². The lowest BCUT2D eigenvalue weighted by Gasteiger charge is -2.29. The van der Waals surface area contributed by atoms with Crippen molar-refractivity contribution < 1.29 is 0 Å². The van der Waals surface area contributed by atoms with Gasteiger partial charge in [-0.2, -0.15) is 0 Å². The molecule has 3 nitrogen and oxygen atoms in total. The van der Waals surface area contributed by atoms with Crippen molar-refractivity contribution in [2.24, 2.45) is 5.73 Å². The minimum absolute atomic E-state index is 0.534. The molecule has 0 saturated carbocycles. The summed E-state index contributed by atoms with van der Waals surface area (Å²) in [6.45, 7) is 2.84. The van der Waals surface area contributed by atoms with Crippen LogP contribution >= 0.6 is 0 Å². The number of nitrogens with two attached hydrogens (primary N) is 1. The van der Waals surface area contributed by atoms with Gasteiger partial charge in [0.1, 0.15) is 0 Å². The highest BCUT2D eigenvalue weighted by Gasteiger charge is 2.13. The molecule has 76 valence electrons. The van der Waals surface area contributed by atoms with Crippen molar-refractivity contribution in [1.82, 2.24) is 4.98 Å². The first kappa shape index (κ1) is 9.46. The molecule has 0 atom stereocenters. The Morgan fingerprint density at radius 1 is 1.29 bits per heavy atom. The van der Waals surface area contributed by atoms with Gasteiger partial charge in [-0.15, -0.1) is 0 Å². The Balaban J connectivity index is 2.20. The van der Waals surface area contributed by atoms with E-state index in [1.165, 1.54) is 24.9 Å². The third-order valence-electron chi connectivity index (χ3n) is 2.76. The van der Waals surface area contributed by atoms with Crippen molar-refractivity contribution in [3.63, 3.8) is 0 Å². The van der Waals surface area contributed by atoms with Crippen LogP contribution in [0.2, 0.25) is 0 Å². The summed E-state index contributed by atoms with van der Waals surface area (Å²) >= 11 is 0. The minimum Gasteiger partial charge on any atom is -0.370 e. The van der Waals surface area contributed by atoms with Crippen LogP contribution < -0.4 is 10.6 Å². The van der Waals surface area contributed by atoms with Crippen molar-refractivity contribution in [1.29, 1.82) is 0 Å². The Hall–Kier alpha value is -1.09. The van der Waals surface area contributed by atoms with Crippen molar-refractivity contribution in [3.05, 3.63) is 24.0 Å². The highest BCUT2D eigenvalue weighted by molar-refractivity contribution is 5.50. The van der Waals surface area contributed by atoms with Crippen LogP contribution in [-0.2, 0) is 6.54 Å². The summed E-state index contributed by atoms with van der Waals surface area (Å²) in [7, 11) is 0. The zero-order valence-corrected chi connectivity index (χ0v) is 8.45. The fourth-order valence-electron chi connectivity index (χ4n) is 2.01. The first-order chi connectivity index (χ1) is 6.92. The molecule has 1 fully saturated rings. The van der Waals surface area contributed by atoms with Gasteiger partial charge >= 0.3 is 0 Å². The molecule has 1 aromatic heterocycles. The molecule has 0 aromatic carbocycles. The highest BCUT2D eigenvalue weighted by Crippen LogP contribution is 2.21. The van der Waals surface area contributed by atoms with Gasteiger partial charge in [-0.05, 0) is 31.4 Å². The summed E-state index contributed by atoms with van der Waals surface area (Å²) in [6, 6.07) is 4.11. The molecular formula is C11H17N3. The fourth-order valence-corrected chi connectivity index (χ4v) is 2.01. The average Bonchev–Trinajstić information content (AvgIpc) is 2.30. The average molecular weight is 191 g/mol. The number of piperidine rings is 1. The Morgan fingerprint density at radius 3 is 2.79 bits per heavy atom. The maximum atomic E-state index is 5.67. The molecule has 14 heavy (non-hydrogen) atoms. The summed E-state index contributed by atoms with van der Waals surface area (Å²) < 4.78 is 0. The van der Waals surface area contributed by atoms with Crippen molar-refractivity contribution in [3.8, 4) is 0 Å². The quantitative estimate of drug-likeness (QED) is 0.771. The lowest BCUT2D eigenvalue weighted by atomic mass is 10.1. The van der Waals surface area contributed by atoms with Crippen molar-refractivity contribution in [2.75, 3.05) is 18.0 Å². The third kappa shape index (κ3) is 1.87. The second kappa shape index (κ2) is 4.42. The van der Waals surface area contributed by atoms with E-state index in [0.717, 1.165) is 18.8 Å². The third-order valence-corrected chi connectivity index (χ3v) is 2.76. The molecule has 0 unspecified atom stereocenters. The lowest BCUT2D eigenvalue weighted by Crippen LogP contribution is -2.30. The van der Waals surface area contributed by atoms with Gasteiger partial charge in [0.15, 0.2) is 0 Å². The summed E-state index contributed by atoms with van der Waals surface area (Å²) in [5.41, 5.74) is 7.92. The van der Waals surface area contributed by atoms with Crippen LogP contribution in [0.4, 0.5) is 5.69 Å². The maximum absolute atomic E-state index is 5.67. The van der Waals surface area contributed by atoms with E-state index < -0.39 is 0 Å². The van der Waals surface area contributed by atoms with Gasteiger partial charge in [0.25, 0.3) is 0 Å². The first-order valence-electron chi connectivity index (χ1n) is 5.31. The smallest absolute Gasteiger partial charge is 0.0772 e. The van der Waals surface area contributed by atoms with E-state index in [1.807, 2.05) is 12.3 Å². The SMILES string of the molecule is NCc1ncccc1N1CCCCC1. The predicted molar refractivity (Wildman–Crippen MR) is 58.2 cm³/mol. The van der Waals surface area contributed by atoms with E-state index >= 15 is 0 Å². The fraction of sp³-hybridized carbons (Fsp3) is 0.545. The molecule has 1 aliphatic heterocycles. The molecule has 2 heterocycles. The molecule has 1 aromatic rings. The van der Waals surface area contributed by atoms with Crippen LogP contribution in [0.5, 0.6) is 0 Å². The van der Waals surface area contributed by atoms with Gasteiger partial charge < -0.3 is 10.6 Å². The van der Waals surface area contributed by atoms with Gasteiger partial charge in [0.2, 0.25) is 0 Å². The Morgan fingerprint density at radius 2 is 2.07 bits per heavy atom. The van der Waals surface area contributed by atoms with Crippen LogP contribution in [0, 0.1) is 0 Å². The summed E-state index contributed by atoms with van der Waals surface area (Å²) in [5, 5.41) is 0. The molecule has 3 heteroatoms. The number of hydrogen-bond acceptors (Lipinski definition) is 3. The Bertz CT molecular complexity index is 292. The zero-order chi connectivity index (χ0) is 9.80. The number of aromatic nitrogens is 1. The van der Waals surface area contributed by atoms with E-state index in [2.05, 4.69) is 16.0 Å². The molecule has 2 N–H and O–H groups in total. The normalized spacial score (nSPS) is 17.1. The van der Waals surface area contributed by atoms with Gasteiger partial charge in [-0.3, -0.25) is 4.98 Å². The Kier molecular flexibility index (Phi) is 2.99. The predicted octanol–water partition coefficient (Wildman–Crippen LogP) is 1.53. The topological polar surface area (TPSA) is 42.1 Å². The van der Waals surface area contributed by atoms with Crippen LogP contribution in [0.25, 0.3) is 0 Å². The summed E-state index contributed by atoms with van der Waals surface area (Å²) in [6.07, 6.45) is 5.75. The summed E-state index contributed by atoms with van der Waals surface area (Å²) in [4.78, 5) is 6.71. The highest BCUT2D eigenvalue weighted by atomic mass is 15.1. The molecule has 0 bridgehead atoms. The first-order valence-corrected chi connectivity index (χ1v) is 5.31. The van der Waals surface area contributed by atoms with Crippen LogP contribution in [-0.4, -0.2) is 18.1 Å². The van der Waals surface area contributed by atoms with Gasteiger partial charge in [0.05, 0.1) is 11.4 Å². The molecule has 0 spiro atoms. The van der Waals surface area contributed by atoms with E-state index in [1.54, 1.807) is 0 Å². The van der Waals surface area contributed by atoms with Crippen molar-refractivity contribution in [2.45, 2.75) is 25.8 Å². The largest absolute Gasteiger partial charge is 0.370 e. The van der Waals surface area contributed by atoms with E-state index in [-0.39, 0.29) is 0 Å². The number of anilines is 1. The van der Waals surface area contributed by atoms with Crippen LogP contribution in [0.15, 0.2) is 18.3 Å². The molecule has 0 amide bonds. The number of hydrogen-bond donors (Lipinski definition) is 1.